The molecule has 4 aliphatic carbocycles. The van der Waals surface area contributed by atoms with Crippen molar-refractivity contribution < 1.29 is 9.90 Å². The highest BCUT2D eigenvalue weighted by molar-refractivity contribution is 6.40. The molecule has 26 heavy (non-hydrogen) atoms. The average Bonchev–Trinajstić information content (AvgIpc) is 2.83. The van der Waals surface area contributed by atoms with E-state index in [0.29, 0.717) is 36.4 Å². The number of hydrogen-bond acceptors (Lipinski definition) is 2. The second-order valence-electron chi connectivity index (χ2n) is 10.9. The van der Waals surface area contributed by atoms with E-state index in [1.165, 1.54) is 0 Å². The fourth-order valence-electron chi connectivity index (χ4n) is 8.45. The van der Waals surface area contributed by atoms with Gasteiger partial charge in [-0.1, -0.05) is 25.5 Å². The molecule has 5 heteroatoms. The van der Waals surface area contributed by atoms with E-state index in [4.69, 9.17) is 23.5 Å². The molecule has 4 aliphatic rings. The molecule has 4 fully saturated rings. The van der Waals surface area contributed by atoms with Crippen LogP contribution in [-0.2, 0) is 4.79 Å². The van der Waals surface area contributed by atoms with Gasteiger partial charge in [0.1, 0.15) is 13.6 Å². The third-order valence-electron chi connectivity index (χ3n) is 9.30. The number of rotatable bonds is 1. The Morgan fingerprint density at radius 1 is 1.00 bits per heavy atom. The lowest BCUT2D eigenvalue weighted by atomic mass is 9.29. The zero-order valence-corrected chi connectivity index (χ0v) is 16.6. The molecule has 136 valence electrons. The quantitative estimate of drug-likeness (QED) is 0.740. The summed E-state index contributed by atoms with van der Waals surface area (Å²) in [5, 5.41) is 9.66. The first-order valence-corrected chi connectivity index (χ1v) is 10.5. The van der Waals surface area contributed by atoms with E-state index in [1.54, 1.807) is 6.92 Å². The predicted octanol–water partition coefficient (Wildman–Crippen LogP) is 3.15. The van der Waals surface area contributed by atoms with Crippen LogP contribution in [0.4, 0.5) is 0 Å². The number of aliphatic hydroxyl groups is 1. The van der Waals surface area contributed by atoms with Crippen LogP contribution in [0.3, 0.4) is 0 Å². The van der Waals surface area contributed by atoms with E-state index in [2.05, 4.69) is 13.8 Å². The normalized spacial score (nSPS) is 55.5. The van der Waals surface area contributed by atoms with E-state index in [0.717, 1.165) is 38.5 Å². The zero-order chi connectivity index (χ0) is 19.1. The molecule has 0 aromatic carbocycles. The number of hydrogen-bond donors (Lipinski definition) is 1. The number of ketones is 1. The standard InChI is InChI=1S/C21H31B3O2/c1-12(25)15-6-7-16-14-5-4-13-10-20(22,26)9-8-18(13,2)17(14)21(23,24)11-19(15,16)3/h13-17,26H,4-11H2,1-3H3/t13-,14-,15+,16-,17-,18-,19+,20+/m0/s1. The molecule has 0 heterocycles. The Morgan fingerprint density at radius 3 is 2.35 bits per heavy atom. The van der Waals surface area contributed by atoms with Crippen molar-refractivity contribution >= 4 is 29.3 Å². The van der Waals surface area contributed by atoms with Gasteiger partial charge < -0.3 is 5.11 Å². The van der Waals surface area contributed by atoms with Gasteiger partial charge in [0.15, 0.2) is 0 Å². The summed E-state index contributed by atoms with van der Waals surface area (Å²) >= 11 is 0. The number of Topliss-reactive ketones (excluding diaryl/α,β-unsaturated/α-hetero) is 1. The maximum absolute atomic E-state index is 12.3. The molecule has 0 aromatic heterocycles. The summed E-state index contributed by atoms with van der Waals surface area (Å²) in [7, 11) is 19.8. The molecular formula is C21H31B3O2. The third-order valence-corrected chi connectivity index (χ3v) is 9.30. The van der Waals surface area contributed by atoms with Gasteiger partial charge in [0, 0.05) is 11.4 Å². The molecule has 0 saturated heterocycles. The third kappa shape index (κ3) is 2.55. The van der Waals surface area contributed by atoms with Crippen molar-refractivity contribution in [3.8, 4) is 0 Å². The highest BCUT2D eigenvalue weighted by Crippen LogP contribution is 2.73. The van der Waals surface area contributed by atoms with Gasteiger partial charge in [-0.25, -0.2) is 0 Å². The summed E-state index contributed by atoms with van der Waals surface area (Å²) in [4.78, 5) is 12.3. The van der Waals surface area contributed by atoms with Gasteiger partial charge >= 0.3 is 0 Å². The summed E-state index contributed by atoms with van der Waals surface area (Å²) < 4.78 is 0. The van der Waals surface area contributed by atoms with Crippen molar-refractivity contribution in [2.75, 3.05) is 0 Å². The van der Waals surface area contributed by atoms with Crippen molar-refractivity contribution in [2.45, 2.75) is 82.9 Å². The van der Waals surface area contributed by atoms with Gasteiger partial charge in [-0.05, 0) is 86.4 Å². The minimum Gasteiger partial charge on any atom is -0.400 e. The molecule has 1 N–H and O–H groups in total. The Labute approximate surface area is 162 Å². The van der Waals surface area contributed by atoms with E-state index >= 15 is 0 Å². The Bertz CT molecular complexity index is 618. The average molecular weight is 348 g/mol. The highest BCUT2D eigenvalue weighted by Gasteiger charge is 2.65. The first kappa shape index (κ1) is 19.2. The van der Waals surface area contributed by atoms with E-state index in [1.807, 2.05) is 0 Å². The molecule has 2 nitrogen and oxygen atoms in total. The van der Waals surface area contributed by atoms with Crippen LogP contribution in [0.25, 0.3) is 0 Å². The van der Waals surface area contributed by atoms with Gasteiger partial charge in [-0.15, -0.1) is 0 Å². The van der Waals surface area contributed by atoms with Crippen LogP contribution < -0.4 is 0 Å². The van der Waals surface area contributed by atoms with Gasteiger partial charge in [-0.3, -0.25) is 4.79 Å². The van der Waals surface area contributed by atoms with Crippen LogP contribution in [0, 0.1) is 40.4 Å². The first-order chi connectivity index (χ1) is 11.9. The minimum absolute atomic E-state index is 0.0354. The van der Waals surface area contributed by atoms with Crippen LogP contribution in [0.2, 0.25) is 5.21 Å². The molecule has 0 aromatic rings. The second-order valence-corrected chi connectivity index (χ2v) is 10.9. The predicted molar refractivity (Wildman–Crippen MR) is 106 cm³/mol. The zero-order valence-electron chi connectivity index (χ0n) is 16.6. The van der Waals surface area contributed by atoms with Crippen LogP contribution in [0.5, 0.6) is 0 Å². The SMILES string of the molecule is [B]C1([B])C[C@]2(C)[C@@H](C(C)=O)CC[C@H]2[C@@H]2CC[C@H]3C[C@]([B])(O)CC[C@]3(C)[C@H]21. The van der Waals surface area contributed by atoms with Crippen molar-refractivity contribution in [3.63, 3.8) is 0 Å². The Hall–Kier alpha value is -0.175. The molecule has 0 spiro atoms. The molecule has 4 saturated carbocycles. The smallest absolute Gasteiger partial charge is 0.133 e. The first-order valence-electron chi connectivity index (χ1n) is 10.5. The van der Waals surface area contributed by atoms with Crippen LogP contribution in [0.1, 0.15) is 72.1 Å². The van der Waals surface area contributed by atoms with E-state index in [9.17, 15) is 9.90 Å². The van der Waals surface area contributed by atoms with E-state index < -0.39 is 10.7 Å². The maximum Gasteiger partial charge on any atom is 0.133 e. The lowest BCUT2D eigenvalue weighted by Gasteiger charge is -2.67. The lowest BCUT2D eigenvalue weighted by Crippen LogP contribution is -2.61. The van der Waals surface area contributed by atoms with Crippen molar-refractivity contribution in [3.05, 3.63) is 0 Å². The maximum atomic E-state index is 12.3. The lowest BCUT2D eigenvalue weighted by molar-refractivity contribution is -0.146. The van der Waals surface area contributed by atoms with Gasteiger partial charge in [0.05, 0.1) is 15.7 Å². The summed E-state index contributed by atoms with van der Waals surface area (Å²) in [6.07, 6.45) is 7.19. The van der Waals surface area contributed by atoms with Crippen LogP contribution >= 0.6 is 0 Å². The molecule has 0 amide bonds. The van der Waals surface area contributed by atoms with Crippen LogP contribution in [0.15, 0.2) is 0 Å². The Balaban J connectivity index is 1.72. The summed E-state index contributed by atoms with van der Waals surface area (Å²) in [6.45, 7) is 6.36. The molecule has 0 aliphatic heterocycles. The largest absolute Gasteiger partial charge is 0.400 e. The summed E-state index contributed by atoms with van der Waals surface area (Å²) in [6, 6.07) is 0. The molecular weight excluding hydrogens is 317 g/mol. The number of carbonyl (C=O) groups excluding carboxylic acids is 1. The Kier molecular flexibility index (Phi) is 4.18. The fourth-order valence-corrected chi connectivity index (χ4v) is 8.45. The van der Waals surface area contributed by atoms with Crippen molar-refractivity contribution in [1.82, 2.24) is 0 Å². The summed E-state index contributed by atoms with van der Waals surface area (Å²) in [5.74, 6) is 2.05. The van der Waals surface area contributed by atoms with Crippen LogP contribution in [-0.4, -0.2) is 39.9 Å². The minimum atomic E-state index is -1.04. The van der Waals surface area contributed by atoms with Gasteiger partial charge in [-0.2, -0.15) is 0 Å². The molecule has 8 atom stereocenters. The Morgan fingerprint density at radius 2 is 1.69 bits per heavy atom. The highest BCUT2D eigenvalue weighted by atomic mass is 16.3. The monoisotopic (exact) mass is 348 g/mol. The van der Waals surface area contributed by atoms with Gasteiger partial charge in [0.25, 0.3) is 0 Å². The molecule has 0 bridgehead atoms. The molecule has 0 unspecified atom stereocenters. The topological polar surface area (TPSA) is 37.3 Å². The number of carbonyl (C=O) groups is 1. The number of fused-ring (bicyclic) bond motifs is 5. The van der Waals surface area contributed by atoms with Gasteiger partial charge in [0.2, 0.25) is 0 Å². The van der Waals surface area contributed by atoms with Crippen molar-refractivity contribution in [1.29, 1.82) is 0 Å². The van der Waals surface area contributed by atoms with Crippen molar-refractivity contribution in [2.24, 2.45) is 40.4 Å². The summed E-state index contributed by atoms with van der Waals surface area (Å²) in [5.41, 5.74) is -1.07. The molecule has 6 radical (unpaired) electrons. The fraction of sp³-hybridized carbons (Fsp3) is 0.952. The second kappa shape index (κ2) is 5.68. The molecule has 4 rings (SSSR count). The van der Waals surface area contributed by atoms with E-state index in [-0.39, 0.29) is 22.7 Å².